The second kappa shape index (κ2) is 8.47. The van der Waals surface area contributed by atoms with Crippen LogP contribution >= 0.6 is 11.3 Å². The van der Waals surface area contributed by atoms with Crippen molar-refractivity contribution in [3.8, 4) is 0 Å². The predicted octanol–water partition coefficient (Wildman–Crippen LogP) is 4.09. The van der Waals surface area contributed by atoms with Crippen LogP contribution in [0.1, 0.15) is 30.9 Å². The van der Waals surface area contributed by atoms with Crippen molar-refractivity contribution in [2.45, 2.75) is 37.6 Å². The van der Waals surface area contributed by atoms with Gasteiger partial charge >= 0.3 is 0 Å². The first-order valence-corrected chi connectivity index (χ1v) is 12.0. The summed E-state index contributed by atoms with van der Waals surface area (Å²) in [5, 5.41) is 0. The largest absolute Gasteiger partial charge is 0.313 e. The van der Waals surface area contributed by atoms with Crippen LogP contribution in [-0.2, 0) is 27.6 Å². The summed E-state index contributed by atoms with van der Waals surface area (Å²) in [6.45, 7) is 8.68. The number of aromatic nitrogens is 1. The highest BCUT2D eigenvalue weighted by Gasteiger charge is 2.11. The van der Waals surface area contributed by atoms with Crippen LogP contribution in [0.25, 0.3) is 10.2 Å². The van der Waals surface area contributed by atoms with Gasteiger partial charge in [-0.2, -0.15) is 4.99 Å². The molecule has 0 bridgehead atoms. The number of carbonyl (C=O) groups is 1. The lowest BCUT2D eigenvalue weighted by Gasteiger charge is -2.06. The van der Waals surface area contributed by atoms with Crippen LogP contribution in [0.5, 0.6) is 0 Å². The van der Waals surface area contributed by atoms with E-state index in [0.717, 1.165) is 22.0 Å². The zero-order valence-electron chi connectivity index (χ0n) is 16.8. The molecule has 0 atom stereocenters. The molecule has 0 saturated heterocycles. The number of benzene rings is 2. The summed E-state index contributed by atoms with van der Waals surface area (Å²) < 4.78 is 26.2. The molecule has 1 amide bonds. The Bertz CT molecular complexity index is 1230. The van der Waals surface area contributed by atoms with Crippen molar-refractivity contribution in [2.24, 2.45) is 4.99 Å². The van der Waals surface area contributed by atoms with E-state index in [4.69, 9.17) is 0 Å². The van der Waals surface area contributed by atoms with Crippen LogP contribution in [0, 0.1) is 0 Å². The smallest absolute Gasteiger partial charge is 0.252 e. The van der Waals surface area contributed by atoms with Crippen molar-refractivity contribution in [1.29, 1.82) is 0 Å². The summed E-state index contributed by atoms with van der Waals surface area (Å²) in [6.07, 6.45) is 3.06. The highest BCUT2D eigenvalue weighted by molar-refractivity contribution is 7.90. The Morgan fingerprint density at radius 3 is 2.48 bits per heavy atom. The molecule has 7 heteroatoms. The lowest BCUT2D eigenvalue weighted by Crippen LogP contribution is -2.17. The molecule has 3 aromatic rings. The third-order valence-electron chi connectivity index (χ3n) is 4.61. The molecule has 29 heavy (non-hydrogen) atoms. The predicted molar refractivity (Wildman–Crippen MR) is 118 cm³/mol. The summed E-state index contributed by atoms with van der Waals surface area (Å²) in [5.41, 5.74) is 3.00. The van der Waals surface area contributed by atoms with E-state index in [0.29, 0.717) is 17.3 Å². The van der Waals surface area contributed by atoms with Gasteiger partial charge in [0.1, 0.15) is 0 Å². The van der Waals surface area contributed by atoms with Gasteiger partial charge in [-0.15, -0.1) is 6.58 Å². The molecule has 5 nitrogen and oxygen atoms in total. The molecule has 0 N–H and O–H groups in total. The van der Waals surface area contributed by atoms with E-state index in [1.54, 1.807) is 18.2 Å². The van der Waals surface area contributed by atoms with Gasteiger partial charge in [0, 0.05) is 12.8 Å². The summed E-state index contributed by atoms with van der Waals surface area (Å²) in [4.78, 5) is 17.8. The van der Waals surface area contributed by atoms with Crippen LogP contribution in [0.4, 0.5) is 0 Å². The van der Waals surface area contributed by atoms with Crippen molar-refractivity contribution in [3.05, 3.63) is 71.0 Å². The van der Waals surface area contributed by atoms with Gasteiger partial charge in [0.15, 0.2) is 14.6 Å². The van der Waals surface area contributed by atoms with Crippen molar-refractivity contribution in [2.75, 3.05) is 6.26 Å². The molecular formula is C22H24N2O3S2. The van der Waals surface area contributed by atoms with Crippen molar-refractivity contribution in [1.82, 2.24) is 4.57 Å². The van der Waals surface area contributed by atoms with Gasteiger partial charge in [0.05, 0.1) is 21.5 Å². The van der Waals surface area contributed by atoms with Crippen molar-refractivity contribution >= 4 is 37.3 Å². The molecular weight excluding hydrogens is 404 g/mol. The van der Waals surface area contributed by atoms with Crippen LogP contribution in [0.3, 0.4) is 0 Å². The lowest BCUT2D eigenvalue weighted by molar-refractivity contribution is -0.117. The number of fused-ring (bicyclic) bond motifs is 1. The number of allylic oxidation sites excluding steroid dienone is 1. The normalized spacial score (nSPS) is 12.6. The third-order valence-corrected chi connectivity index (χ3v) is 6.78. The minimum atomic E-state index is -3.25. The Balaban J connectivity index is 1.94. The summed E-state index contributed by atoms with van der Waals surface area (Å²) in [5.74, 6) is 0.150. The third kappa shape index (κ3) is 4.92. The van der Waals surface area contributed by atoms with Crippen LogP contribution in [-0.4, -0.2) is 25.1 Å². The average Bonchev–Trinajstić information content (AvgIpc) is 2.98. The molecule has 152 valence electrons. The molecule has 0 saturated carbocycles. The molecule has 2 aromatic carbocycles. The maximum atomic E-state index is 12.6. The maximum Gasteiger partial charge on any atom is 0.252 e. The zero-order valence-corrected chi connectivity index (χ0v) is 18.4. The van der Waals surface area contributed by atoms with E-state index in [9.17, 15) is 13.2 Å². The number of hydrogen-bond donors (Lipinski definition) is 0. The van der Waals surface area contributed by atoms with Crippen LogP contribution in [0.15, 0.2) is 65.0 Å². The Hall–Kier alpha value is -2.51. The molecule has 3 rings (SSSR count). The van der Waals surface area contributed by atoms with E-state index in [1.165, 1.54) is 29.0 Å². The van der Waals surface area contributed by atoms with Crippen LogP contribution < -0.4 is 4.80 Å². The Kier molecular flexibility index (Phi) is 6.19. The van der Waals surface area contributed by atoms with Gasteiger partial charge in [-0.1, -0.05) is 49.5 Å². The SMILES string of the molecule is C=CCn1c(=NC(=O)Cc2ccc(S(C)(=O)=O)cc2)sc2cc(C(C)C)ccc21. The number of rotatable bonds is 6. The Morgan fingerprint density at radius 1 is 1.21 bits per heavy atom. The van der Waals surface area contributed by atoms with Crippen molar-refractivity contribution in [3.63, 3.8) is 0 Å². The highest BCUT2D eigenvalue weighted by atomic mass is 32.2. The Morgan fingerprint density at radius 2 is 1.90 bits per heavy atom. The van der Waals surface area contributed by atoms with Crippen LogP contribution in [0.2, 0.25) is 0 Å². The molecule has 0 radical (unpaired) electrons. The summed E-state index contributed by atoms with van der Waals surface area (Å²) in [7, 11) is -3.25. The van der Waals surface area contributed by atoms with Gasteiger partial charge in [-0.05, 0) is 41.3 Å². The molecule has 0 unspecified atom stereocenters. The first-order chi connectivity index (χ1) is 13.7. The molecule has 0 aliphatic rings. The number of carbonyl (C=O) groups excluding carboxylic acids is 1. The fourth-order valence-corrected chi connectivity index (χ4v) is 4.75. The quantitative estimate of drug-likeness (QED) is 0.556. The molecule has 1 heterocycles. The number of thiazole rings is 1. The summed E-state index contributed by atoms with van der Waals surface area (Å²) >= 11 is 1.49. The monoisotopic (exact) mass is 428 g/mol. The van der Waals surface area contributed by atoms with Gasteiger partial charge in [0.2, 0.25) is 0 Å². The fraction of sp³-hybridized carbons (Fsp3) is 0.273. The molecule has 0 aliphatic heterocycles. The molecule has 0 fully saturated rings. The first-order valence-electron chi connectivity index (χ1n) is 9.30. The first kappa shape index (κ1) is 21.2. The zero-order chi connectivity index (χ0) is 21.2. The topological polar surface area (TPSA) is 68.5 Å². The summed E-state index contributed by atoms with van der Waals surface area (Å²) in [6, 6.07) is 12.7. The molecule has 1 aromatic heterocycles. The standard InChI is InChI=1S/C22H24N2O3S2/c1-5-12-24-19-11-8-17(15(2)3)14-20(19)28-22(24)23-21(25)13-16-6-9-18(10-7-16)29(4,26)27/h5-11,14-15H,1,12-13H2,2-4H3. The number of nitrogens with zero attached hydrogens (tertiary/aromatic N) is 2. The lowest BCUT2D eigenvalue weighted by atomic mass is 10.0. The van der Waals surface area contributed by atoms with Crippen molar-refractivity contribution < 1.29 is 13.2 Å². The average molecular weight is 429 g/mol. The van der Waals surface area contributed by atoms with E-state index >= 15 is 0 Å². The van der Waals surface area contributed by atoms with E-state index in [1.807, 2.05) is 4.57 Å². The number of sulfone groups is 1. The molecule has 0 aliphatic carbocycles. The van der Waals surface area contributed by atoms with Gasteiger partial charge in [0.25, 0.3) is 5.91 Å². The Labute approximate surface area is 175 Å². The highest BCUT2D eigenvalue weighted by Crippen LogP contribution is 2.23. The number of amides is 1. The van der Waals surface area contributed by atoms with E-state index < -0.39 is 9.84 Å². The fourth-order valence-electron chi connectivity index (χ4n) is 3.02. The van der Waals surface area contributed by atoms with Gasteiger partial charge < -0.3 is 4.57 Å². The number of hydrogen-bond acceptors (Lipinski definition) is 4. The van der Waals surface area contributed by atoms with E-state index in [-0.39, 0.29) is 17.2 Å². The molecule has 0 spiro atoms. The van der Waals surface area contributed by atoms with Gasteiger partial charge in [-0.3, -0.25) is 4.79 Å². The van der Waals surface area contributed by atoms with E-state index in [2.05, 4.69) is 43.6 Å². The minimum absolute atomic E-state index is 0.115. The maximum absolute atomic E-state index is 12.6. The minimum Gasteiger partial charge on any atom is -0.313 e. The second-order valence-corrected chi connectivity index (χ2v) is 10.3. The van der Waals surface area contributed by atoms with Gasteiger partial charge in [-0.25, -0.2) is 8.42 Å². The second-order valence-electron chi connectivity index (χ2n) is 7.26.